The molecule has 1 fully saturated rings. The number of rotatable bonds is 3. The molecule has 112 valence electrons. The number of aromatic nitrogens is 2. The minimum Gasteiger partial charge on any atom is -0.347 e. The molecule has 0 spiro atoms. The Hall–Kier alpha value is -1.86. The molecule has 0 aliphatic carbocycles. The number of thiophene rings is 1. The van der Waals surface area contributed by atoms with E-state index in [1.54, 1.807) is 17.5 Å². The van der Waals surface area contributed by atoms with Crippen LogP contribution in [0.3, 0.4) is 0 Å². The first kappa shape index (κ1) is 14.1. The lowest BCUT2D eigenvalue weighted by atomic mass is 10.1. The first-order chi connectivity index (χ1) is 10.2. The number of nitrogens with one attached hydrogen (secondary N) is 2. The van der Waals surface area contributed by atoms with E-state index in [0.717, 1.165) is 24.5 Å². The van der Waals surface area contributed by atoms with Gasteiger partial charge in [0, 0.05) is 38.6 Å². The van der Waals surface area contributed by atoms with Crippen molar-refractivity contribution in [1.82, 2.24) is 25.1 Å². The third-order valence-electron chi connectivity index (χ3n) is 3.79. The van der Waals surface area contributed by atoms with Crippen molar-refractivity contribution in [3.63, 3.8) is 0 Å². The fraction of sp³-hybridized carbons (Fsp3) is 0.429. The maximum Gasteiger partial charge on any atom is 0.317 e. The number of carbonyl (C=O) groups is 1. The molecule has 1 saturated heterocycles. The molecular weight excluding hydrogens is 286 g/mol. The number of imidazole rings is 1. The number of H-pyrrole nitrogens is 1. The van der Waals surface area contributed by atoms with E-state index in [1.807, 2.05) is 22.5 Å². The summed E-state index contributed by atoms with van der Waals surface area (Å²) in [6.07, 6.45) is 3.57. The van der Waals surface area contributed by atoms with E-state index in [0.29, 0.717) is 13.1 Å². The Morgan fingerprint density at radius 3 is 3.19 bits per heavy atom. The topological polar surface area (TPSA) is 64.3 Å². The minimum absolute atomic E-state index is 0.00847. The third kappa shape index (κ3) is 3.25. The second-order valence-electron chi connectivity index (χ2n) is 5.21. The lowest BCUT2D eigenvalue weighted by Crippen LogP contribution is -2.52. The van der Waals surface area contributed by atoms with E-state index in [9.17, 15) is 4.79 Å². The van der Waals surface area contributed by atoms with Crippen LogP contribution in [0, 0.1) is 0 Å². The van der Waals surface area contributed by atoms with Gasteiger partial charge in [0.25, 0.3) is 0 Å². The van der Waals surface area contributed by atoms with Crippen molar-refractivity contribution < 1.29 is 4.79 Å². The van der Waals surface area contributed by atoms with Gasteiger partial charge in [-0.15, -0.1) is 0 Å². The maximum atomic E-state index is 12.3. The number of piperazine rings is 1. The molecule has 0 saturated carbocycles. The zero-order valence-electron chi connectivity index (χ0n) is 12.0. The van der Waals surface area contributed by atoms with Crippen LogP contribution in [0.5, 0.6) is 0 Å². The van der Waals surface area contributed by atoms with E-state index in [4.69, 9.17) is 0 Å². The van der Waals surface area contributed by atoms with Crippen molar-refractivity contribution in [1.29, 1.82) is 0 Å². The Morgan fingerprint density at radius 2 is 2.48 bits per heavy atom. The number of hydrogen-bond acceptors (Lipinski definition) is 4. The number of carbonyl (C=O) groups excluding carboxylic acids is 1. The van der Waals surface area contributed by atoms with Gasteiger partial charge in [-0.3, -0.25) is 4.90 Å². The highest BCUT2D eigenvalue weighted by molar-refractivity contribution is 7.07. The molecule has 0 aromatic carbocycles. The molecule has 3 rings (SSSR count). The molecule has 2 amide bonds. The van der Waals surface area contributed by atoms with Crippen LogP contribution in [0.1, 0.15) is 17.4 Å². The molecule has 1 atom stereocenters. The summed E-state index contributed by atoms with van der Waals surface area (Å²) in [4.78, 5) is 23.8. The summed E-state index contributed by atoms with van der Waals surface area (Å²) in [5, 5.41) is 7.05. The number of nitrogens with zero attached hydrogens (tertiary/aromatic N) is 3. The summed E-state index contributed by atoms with van der Waals surface area (Å²) in [6.45, 7) is 2.82. The Labute approximate surface area is 127 Å². The van der Waals surface area contributed by atoms with Crippen LogP contribution in [0.2, 0.25) is 0 Å². The predicted molar refractivity (Wildman–Crippen MR) is 82.1 cm³/mol. The predicted octanol–water partition coefficient (Wildman–Crippen LogP) is 1.67. The zero-order chi connectivity index (χ0) is 14.7. The fourth-order valence-corrected chi connectivity index (χ4v) is 3.16. The molecular formula is C14H19N5OS. The molecule has 2 N–H and O–H groups in total. The smallest absolute Gasteiger partial charge is 0.317 e. The number of urea groups is 1. The molecule has 21 heavy (non-hydrogen) atoms. The van der Waals surface area contributed by atoms with Gasteiger partial charge in [0.05, 0.1) is 6.04 Å². The highest BCUT2D eigenvalue weighted by Crippen LogP contribution is 2.20. The van der Waals surface area contributed by atoms with Gasteiger partial charge in [-0.1, -0.05) is 0 Å². The van der Waals surface area contributed by atoms with Crippen LogP contribution >= 0.6 is 11.3 Å². The summed E-state index contributed by atoms with van der Waals surface area (Å²) >= 11 is 1.64. The lowest BCUT2D eigenvalue weighted by molar-refractivity contribution is 0.106. The van der Waals surface area contributed by atoms with Gasteiger partial charge in [0.15, 0.2) is 0 Å². The van der Waals surface area contributed by atoms with Crippen LogP contribution < -0.4 is 5.32 Å². The van der Waals surface area contributed by atoms with Gasteiger partial charge >= 0.3 is 6.03 Å². The van der Waals surface area contributed by atoms with Gasteiger partial charge in [-0.05, 0) is 29.4 Å². The summed E-state index contributed by atoms with van der Waals surface area (Å²) in [5.74, 6) is 0.910. The molecule has 0 unspecified atom stereocenters. The second kappa shape index (κ2) is 6.28. The maximum absolute atomic E-state index is 12.3. The number of likely N-dealkylation sites (N-methyl/N-ethyl adjacent to an activating group) is 1. The van der Waals surface area contributed by atoms with Crippen molar-refractivity contribution >= 4 is 17.4 Å². The SMILES string of the molecule is CN1CCN(C(=O)NCc2ccsc2)C[C@@H]1c1ncc[nH]1. The molecule has 2 aromatic rings. The summed E-state index contributed by atoms with van der Waals surface area (Å²) in [6, 6.07) is 2.15. The van der Waals surface area contributed by atoms with Gasteiger partial charge in [0.2, 0.25) is 0 Å². The highest BCUT2D eigenvalue weighted by Gasteiger charge is 2.29. The Bertz CT molecular complexity index is 568. The second-order valence-corrected chi connectivity index (χ2v) is 5.99. The van der Waals surface area contributed by atoms with Crippen molar-refractivity contribution in [3.05, 3.63) is 40.6 Å². The zero-order valence-corrected chi connectivity index (χ0v) is 12.8. The molecule has 7 heteroatoms. The number of aromatic amines is 1. The monoisotopic (exact) mass is 305 g/mol. The summed E-state index contributed by atoms with van der Waals surface area (Å²) in [7, 11) is 2.06. The van der Waals surface area contributed by atoms with Crippen molar-refractivity contribution in [2.24, 2.45) is 0 Å². The van der Waals surface area contributed by atoms with Crippen molar-refractivity contribution in [2.45, 2.75) is 12.6 Å². The molecule has 0 radical (unpaired) electrons. The van der Waals surface area contributed by atoms with Gasteiger partial charge in [-0.2, -0.15) is 11.3 Å². The quantitative estimate of drug-likeness (QED) is 0.906. The van der Waals surface area contributed by atoms with E-state index < -0.39 is 0 Å². The van der Waals surface area contributed by atoms with Crippen LogP contribution in [0.15, 0.2) is 29.2 Å². The molecule has 3 heterocycles. The largest absolute Gasteiger partial charge is 0.347 e. The minimum atomic E-state index is -0.00847. The highest BCUT2D eigenvalue weighted by atomic mass is 32.1. The number of amides is 2. The van der Waals surface area contributed by atoms with E-state index in [2.05, 4.69) is 32.6 Å². The average molecular weight is 305 g/mol. The molecule has 0 bridgehead atoms. The third-order valence-corrected chi connectivity index (χ3v) is 4.53. The lowest BCUT2D eigenvalue weighted by Gasteiger charge is -2.38. The first-order valence-corrected chi connectivity index (χ1v) is 7.91. The van der Waals surface area contributed by atoms with Crippen LogP contribution in [-0.4, -0.2) is 52.5 Å². The normalized spacial score (nSPS) is 19.7. The summed E-state index contributed by atoms with van der Waals surface area (Å²) < 4.78 is 0. The van der Waals surface area contributed by atoms with Gasteiger partial charge in [0.1, 0.15) is 5.82 Å². The van der Waals surface area contributed by atoms with E-state index >= 15 is 0 Å². The van der Waals surface area contributed by atoms with Crippen molar-refractivity contribution in [2.75, 3.05) is 26.7 Å². The molecule has 2 aromatic heterocycles. The first-order valence-electron chi connectivity index (χ1n) is 6.97. The van der Waals surface area contributed by atoms with E-state index in [1.165, 1.54) is 0 Å². The molecule has 1 aliphatic heterocycles. The Balaban J connectivity index is 1.59. The Morgan fingerprint density at radius 1 is 1.57 bits per heavy atom. The van der Waals surface area contributed by atoms with Crippen LogP contribution in [0.25, 0.3) is 0 Å². The molecule has 1 aliphatic rings. The fourth-order valence-electron chi connectivity index (χ4n) is 2.50. The summed E-state index contributed by atoms with van der Waals surface area (Å²) in [5.41, 5.74) is 1.14. The van der Waals surface area contributed by atoms with Gasteiger partial charge < -0.3 is 15.2 Å². The van der Waals surface area contributed by atoms with Crippen LogP contribution in [0.4, 0.5) is 4.79 Å². The van der Waals surface area contributed by atoms with Gasteiger partial charge in [-0.25, -0.2) is 9.78 Å². The van der Waals surface area contributed by atoms with E-state index in [-0.39, 0.29) is 12.1 Å². The standard InChI is InChI=1S/C14H19N5OS/c1-18-5-6-19(9-12(18)13-15-3-4-16-13)14(20)17-8-11-2-7-21-10-11/h2-4,7,10,12H,5-6,8-9H2,1H3,(H,15,16)(H,17,20)/t12-/m1/s1. The van der Waals surface area contributed by atoms with Crippen LogP contribution in [-0.2, 0) is 6.54 Å². The number of hydrogen-bond donors (Lipinski definition) is 2. The molecule has 6 nitrogen and oxygen atoms in total. The van der Waals surface area contributed by atoms with Crippen molar-refractivity contribution in [3.8, 4) is 0 Å². The average Bonchev–Trinajstić information content (AvgIpc) is 3.18. The Kier molecular flexibility index (Phi) is 4.21.